The van der Waals surface area contributed by atoms with Gasteiger partial charge in [0.25, 0.3) is 0 Å². The maximum Gasteiger partial charge on any atom is 0.181 e. The molecule has 0 unspecified atom stereocenters. The first-order chi connectivity index (χ1) is 22.8. The molecule has 0 bridgehead atoms. The molecule has 46 heavy (non-hydrogen) atoms. The Morgan fingerprint density at radius 1 is 0.587 bits per heavy atom. The summed E-state index contributed by atoms with van der Waals surface area (Å²) in [7, 11) is -2.91. The third kappa shape index (κ3) is 4.27. The molecule has 2 aromatic heterocycles. The standard InChI is InChI=1S/C43H33NSSi/c1-3-35-38-26-13-16-29-41(38)45-43(35)42(4-2)46(32-19-7-5-8-20-32,33-21-9-6-10-22-33)34-23-17-18-31(30-34)44-39-27-14-11-24-36(39)37-25-12-15-28-40(37)44/h3-30H,2H2,1H3/b35-3-,43-42-. The molecule has 0 spiro atoms. The lowest BCUT2D eigenvalue weighted by Gasteiger charge is -2.35. The highest BCUT2D eigenvalue weighted by Gasteiger charge is 2.43. The number of thiophene rings is 1. The van der Waals surface area contributed by atoms with Gasteiger partial charge in [0.1, 0.15) is 0 Å². The zero-order valence-corrected chi connectivity index (χ0v) is 27.5. The molecule has 0 saturated carbocycles. The van der Waals surface area contributed by atoms with Crippen LogP contribution in [-0.4, -0.2) is 12.6 Å². The summed E-state index contributed by atoms with van der Waals surface area (Å²) in [6.45, 7) is 6.73. The van der Waals surface area contributed by atoms with Gasteiger partial charge in [-0.25, -0.2) is 0 Å². The van der Waals surface area contributed by atoms with E-state index >= 15 is 0 Å². The van der Waals surface area contributed by atoms with Gasteiger partial charge in [-0.15, -0.1) is 11.3 Å². The van der Waals surface area contributed by atoms with E-state index in [0.29, 0.717) is 0 Å². The number of aromatic nitrogens is 1. The highest BCUT2D eigenvalue weighted by Crippen LogP contribution is 2.32. The maximum atomic E-state index is 4.56. The molecule has 0 aliphatic rings. The Hall–Kier alpha value is -5.22. The second-order valence-electron chi connectivity index (χ2n) is 11.6. The summed E-state index contributed by atoms with van der Waals surface area (Å²) in [6.07, 6.45) is 4.44. The predicted octanol–water partition coefficient (Wildman–Crippen LogP) is 7.85. The molecule has 0 atom stereocenters. The molecular formula is C43H33NSSi. The van der Waals surface area contributed by atoms with E-state index in [2.05, 4.69) is 188 Å². The SMILES string of the molecule is C=C/C(=c1/sc2ccccc2/c1=C/C)[Si](c1ccccc1)(c1ccccc1)c1cccc(-n2c3ccccc3c3ccccc32)c1. The summed E-state index contributed by atoms with van der Waals surface area (Å²) in [5.74, 6) is 0. The fourth-order valence-electron chi connectivity index (χ4n) is 7.39. The Labute approximate surface area is 274 Å². The lowest BCUT2D eigenvalue weighted by atomic mass is 10.2. The molecule has 0 saturated heterocycles. The Kier molecular flexibility index (Phi) is 7.13. The number of hydrogen-bond acceptors (Lipinski definition) is 1. The van der Waals surface area contributed by atoms with Gasteiger partial charge in [-0.1, -0.05) is 146 Å². The molecule has 0 radical (unpaired) electrons. The van der Waals surface area contributed by atoms with Crippen LogP contribution in [0.5, 0.6) is 0 Å². The molecule has 220 valence electrons. The van der Waals surface area contributed by atoms with Crippen molar-refractivity contribution in [3.05, 3.63) is 180 Å². The average molecular weight is 624 g/mol. The second kappa shape index (κ2) is 11.6. The van der Waals surface area contributed by atoms with Gasteiger partial charge in [-0.3, -0.25) is 0 Å². The highest BCUT2D eigenvalue weighted by molar-refractivity contribution is 7.25. The van der Waals surface area contributed by atoms with Crippen LogP contribution in [-0.2, 0) is 0 Å². The topological polar surface area (TPSA) is 4.93 Å². The third-order valence-corrected chi connectivity index (χ3v) is 15.5. The van der Waals surface area contributed by atoms with Crippen LogP contribution >= 0.6 is 11.3 Å². The van der Waals surface area contributed by atoms with E-state index in [1.165, 1.54) is 68.1 Å². The predicted molar refractivity (Wildman–Crippen MR) is 203 cm³/mol. The summed E-state index contributed by atoms with van der Waals surface area (Å²) in [6, 6.07) is 57.9. The number of hydrogen-bond donors (Lipinski definition) is 0. The molecule has 0 aliphatic heterocycles. The smallest absolute Gasteiger partial charge is 0.181 e. The second-order valence-corrected chi connectivity index (χ2v) is 16.5. The zero-order chi connectivity index (χ0) is 31.1. The van der Waals surface area contributed by atoms with E-state index < -0.39 is 8.07 Å². The summed E-state index contributed by atoms with van der Waals surface area (Å²) in [4.78, 5) is 0. The van der Waals surface area contributed by atoms with E-state index in [9.17, 15) is 0 Å². The number of allylic oxidation sites excluding steroid dienone is 1. The molecule has 2 heterocycles. The van der Waals surface area contributed by atoms with Crippen molar-refractivity contribution in [3.8, 4) is 5.69 Å². The molecule has 0 fully saturated rings. The molecule has 0 N–H and O–H groups in total. The number of rotatable bonds is 6. The number of fused-ring (bicyclic) bond motifs is 4. The minimum Gasteiger partial charge on any atom is -0.309 e. The van der Waals surface area contributed by atoms with Crippen LogP contribution in [0, 0.1) is 0 Å². The van der Waals surface area contributed by atoms with Gasteiger partial charge < -0.3 is 4.57 Å². The first kappa shape index (κ1) is 28.3. The lowest BCUT2D eigenvalue weighted by molar-refractivity contribution is 1.18. The molecule has 6 aromatic carbocycles. The Morgan fingerprint density at radius 2 is 1.11 bits per heavy atom. The molecule has 8 aromatic rings. The van der Waals surface area contributed by atoms with Crippen LogP contribution in [0.25, 0.3) is 48.9 Å². The van der Waals surface area contributed by atoms with Crippen molar-refractivity contribution in [2.75, 3.05) is 0 Å². The van der Waals surface area contributed by atoms with Crippen molar-refractivity contribution in [1.29, 1.82) is 0 Å². The van der Waals surface area contributed by atoms with Crippen LogP contribution in [0.3, 0.4) is 0 Å². The largest absolute Gasteiger partial charge is 0.309 e. The van der Waals surface area contributed by atoms with Gasteiger partial charge in [0.05, 0.1) is 11.0 Å². The van der Waals surface area contributed by atoms with Gasteiger partial charge in [-0.2, -0.15) is 0 Å². The van der Waals surface area contributed by atoms with E-state index in [0.717, 1.165) is 0 Å². The number of para-hydroxylation sites is 2. The van der Waals surface area contributed by atoms with Crippen molar-refractivity contribution in [2.24, 2.45) is 0 Å². The van der Waals surface area contributed by atoms with Crippen LogP contribution in [0.1, 0.15) is 6.92 Å². The van der Waals surface area contributed by atoms with Gasteiger partial charge in [-0.05, 0) is 68.6 Å². The van der Waals surface area contributed by atoms with Gasteiger partial charge >= 0.3 is 0 Å². The van der Waals surface area contributed by atoms with Crippen LogP contribution in [0.4, 0.5) is 0 Å². The summed E-state index contributed by atoms with van der Waals surface area (Å²) < 4.78 is 5.04. The van der Waals surface area contributed by atoms with E-state index in [1.54, 1.807) is 0 Å². The molecule has 1 nitrogen and oxygen atoms in total. The summed E-state index contributed by atoms with van der Waals surface area (Å²) in [5.41, 5.74) is 3.60. The van der Waals surface area contributed by atoms with Gasteiger partial charge in [0.15, 0.2) is 8.07 Å². The highest BCUT2D eigenvalue weighted by atomic mass is 32.1. The first-order valence-corrected chi connectivity index (χ1v) is 18.6. The van der Waals surface area contributed by atoms with Crippen molar-refractivity contribution in [1.82, 2.24) is 4.57 Å². The normalized spacial score (nSPS) is 13.0. The Morgan fingerprint density at radius 3 is 1.70 bits per heavy atom. The minimum absolute atomic E-state index is 1.17. The fraction of sp³-hybridized carbons (Fsp3) is 0.0233. The van der Waals surface area contributed by atoms with Crippen molar-refractivity contribution in [2.45, 2.75) is 6.92 Å². The first-order valence-electron chi connectivity index (χ1n) is 15.8. The molecule has 0 amide bonds. The van der Waals surface area contributed by atoms with E-state index in [-0.39, 0.29) is 0 Å². The van der Waals surface area contributed by atoms with E-state index in [1.807, 2.05) is 11.3 Å². The molecule has 3 heteroatoms. The molecular weight excluding hydrogens is 591 g/mol. The van der Waals surface area contributed by atoms with E-state index in [4.69, 9.17) is 0 Å². The van der Waals surface area contributed by atoms with Crippen LogP contribution in [0.2, 0.25) is 0 Å². The average Bonchev–Trinajstić information content (AvgIpc) is 3.67. The minimum atomic E-state index is -2.91. The number of benzene rings is 6. The maximum absolute atomic E-state index is 4.56. The summed E-state index contributed by atoms with van der Waals surface area (Å²) in [5, 5.41) is 10.5. The molecule has 8 rings (SSSR count). The quantitative estimate of drug-likeness (QED) is 0.131. The van der Waals surface area contributed by atoms with Gasteiger partial charge in [0.2, 0.25) is 0 Å². The Bertz CT molecular complexity index is 2410. The van der Waals surface area contributed by atoms with Gasteiger partial charge in [0, 0.05) is 25.7 Å². The number of nitrogens with zero attached hydrogens (tertiary/aromatic N) is 1. The van der Waals surface area contributed by atoms with Crippen LogP contribution < -0.4 is 25.3 Å². The third-order valence-electron chi connectivity index (χ3n) is 9.31. The van der Waals surface area contributed by atoms with Crippen molar-refractivity contribution < 1.29 is 0 Å². The Balaban J connectivity index is 1.55. The van der Waals surface area contributed by atoms with Crippen LogP contribution in [0.15, 0.2) is 170 Å². The lowest BCUT2D eigenvalue weighted by Crippen LogP contribution is -2.69. The molecule has 0 aliphatic carbocycles. The van der Waals surface area contributed by atoms with Crippen molar-refractivity contribution >= 4 is 78.1 Å². The summed E-state index contributed by atoms with van der Waals surface area (Å²) >= 11 is 1.89. The fourth-order valence-corrected chi connectivity index (χ4v) is 14.0. The monoisotopic (exact) mass is 623 g/mol. The zero-order valence-electron chi connectivity index (χ0n) is 25.7. The van der Waals surface area contributed by atoms with Crippen molar-refractivity contribution in [3.63, 3.8) is 0 Å².